The van der Waals surface area contributed by atoms with Gasteiger partial charge in [0, 0.05) is 0 Å². The summed E-state index contributed by atoms with van der Waals surface area (Å²) in [6, 6.07) is 6.77. The number of hydrogen-bond acceptors (Lipinski definition) is 3. The lowest BCUT2D eigenvalue weighted by atomic mass is 10.1. The lowest BCUT2D eigenvalue weighted by molar-refractivity contribution is 0.306. The zero-order chi connectivity index (χ0) is 17.7. The van der Waals surface area contributed by atoms with Gasteiger partial charge in [0.2, 0.25) is 0 Å². The molecule has 1 rings (SSSR count). The summed E-state index contributed by atoms with van der Waals surface area (Å²) < 4.78 is 29.6. The third kappa shape index (κ3) is 8.11. The van der Waals surface area contributed by atoms with Gasteiger partial charge in [-0.2, -0.15) is 8.42 Å². The van der Waals surface area contributed by atoms with E-state index in [9.17, 15) is 8.42 Å². The van der Waals surface area contributed by atoms with E-state index in [2.05, 4.69) is 13.5 Å². The molecule has 1 aromatic rings. The second kappa shape index (κ2) is 12.3. The summed E-state index contributed by atoms with van der Waals surface area (Å²) in [4.78, 5) is 0.201. The fourth-order valence-corrected chi connectivity index (χ4v) is 3.85. The summed E-state index contributed by atoms with van der Waals surface area (Å²) in [6.07, 6.45) is 13.7. The normalized spacial score (nSPS) is 11.5. The molecule has 0 unspecified atom stereocenters. The summed E-state index contributed by atoms with van der Waals surface area (Å²) in [5.41, 5.74) is 0.584. The van der Waals surface area contributed by atoms with Gasteiger partial charge in [0.05, 0.1) is 6.61 Å². The molecule has 0 saturated heterocycles. The van der Waals surface area contributed by atoms with E-state index in [0.717, 1.165) is 19.3 Å². The van der Waals surface area contributed by atoms with E-state index in [0.29, 0.717) is 5.56 Å². The topological polar surface area (TPSA) is 43.4 Å². The Balaban J connectivity index is 2.15. The summed E-state index contributed by atoms with van der Waals surface area (Å²) >= 11 is 0. The molecule has 0 aliphatic carbocycles. The Kier molecular flexibility index (Phi) is 10.7. The maximum Gasteiger partial charge on any atom is 0.297 e. The molecule has 4 heteroatoms. The van der Waals surface area contributed by atoms with Crippen LogP contribution in [0.25, 0.3) is 6.08 Å². The van der Waals surface area contributed by atoms with Crippen molar-refractivity contribution in [3.63, 3.8) is 0 Å². The standard InChI is InChI=1S/C20H32O3S/c1-3-5-6-7-8-9-10-11-12-15-18-23-24(21,22)20-17-14-13-16-19(20)4-2/h4,13-14,16-17H,2-3,5-12,15,18H2,1H3. The highest BCUT2D eigenvalue weighted by Gasteiger charge is 2.17. The summed E-state index contributed by atoms with van der Waals surface area (Å²) in [7, 11) is -3.68. The van der Waals surface area contributed by atoms with Crippen LogP contribution in [0.4, 0.5) is 0 Å². The molecule has 0 atom stereocenters. The molecule has 0 aliphatic rings. The average Bonchev–Trinajstić information content (AvgIpc) is 2.59. The van der Waals surface area contributed by atoms with E-state index in [4.69, 9.17) is 4.18 Å². The number of rotatable bonds is 14. The van der Waals surface area contributed by atoms with Gasteiger partial charge in [0.25, 0.3) is 10.1 Å². The Labute approximate surface area is 148 Å². The van der Waals surface area contributed by atoms with E-state index >= 15 is 0 Å². The summed E-state index contributed by atoms with van der Waals surface area (Å²) in [6.45, 7) is 6.14. The molecule has 136 valence electrons. The van der Waals surface area contributed by atoms with Crippen LogP contribution in [-0.4, -0.2) is 15.0 Å². The van der Waals surface area contributed by atoms with Gasteiger partial charge in [-0.05, 0) is 18.1 Å². The van der Waals surface area contributed by atoms with Crippen molar-refractivity contribution in [3.05, 3.63) is 36.4 Å². The van der Waals surface area contributed by atoms with Crippen LogP contribution in [0.2, 0.25) is 0 Å². The van der Waals surface area contributed by atoms with Crippen molar-refractivity contribution < 1.29 is 12.6 Å². The Bertz CT molecular complexity index is 564. The minimum Gasteiger partial charge on any atom is -0.266 e. The van der Waals surface area contributed by atoms with Gasteiger partial charge in [0.1, 0.15) is 4.90 Å². The van der Waals surface area contributed by atoms with Crippen molar-refractivity contribution in [1.29, 1.82) is 0 Å². The molecule has 0 saturated carbocycles. The van der Waals surface area contributed by atoms with Crippen LogP contribution in [0.1, 0.15) is 76.7 Å². The Morgan fingerprint density at radius 2 is 1.46 bits per heavy atom. The van der Waals surface area contributed by atoms with Crippen molar-refractivity contribution in [3.8, 4) is 0 Å². The first-order valence-corrected chi connectivity index (χ1v) is 10.6. The molecule has 0 heterocycles. The van der Waals surface area contributed by atoms with Crippen molar-refractivity contribution in [1.82, 2.24) is 0 Å². The largest absolute Gasteiger partial charge is 0.297 e. The fourth-order valence-electron chi connectivity index (χ4n) is 2.70. The molecule has 0 N–H and O–H groups in total. The molecule has 3 nitrogen and oxygen atoms in total. The third-order valence-electron chi connectivity index (χ3n) is 4.14. The predicted octanol–water partition coefficient (Wildman–Crippen LogP) is 5.96. The van der Waals surface area contributed by atoms with E-state index in [1.54, 1.807) is 24.3 Å². The van der Waals surface area contributed by atoms with Gasteiger partial charge in [-0.1, -0.05) is 95.6 Å². The van der Waals surface area contributed by atoms with Crippen LogP contribution >= 0.6 is 0 Å². The molecule has 1 aromatic carbocycles. The summed E-state index contributed by atoms with van der Waals surface area (Å²) in [5.74, 6) is 0. The lowest BCUT2D eigenvalue weighted by Crippen LogP contribution is -2.09. The molecule has 24 heavy (non-hydrogen) atoms. The molecule has 0 radical (unpaired) electrons. The molecule has 0 aromatic heterocycles. The highest BCUT2D eigenvalue weighted by molar-refractivity contribution is 7.86. The fraction of sp³-hybridized carbons (Fsp3) is 0.600. The van der Waals surface area contributed by atoms with Crippen LogP contribution in [0.5, 0.6) is 0 Å². The first-order chi connectivity index (χ1) is 11.6. The Morgan fingerprint density at radius 1 is 0.917 bits per heavy atom. The minimum absolute atomic E-state index is 0.201. The third-order valence-corrected chi connectivity index (χ3v) is 5.53. The smallest absolute Gasteiger partial charge is 0.266 e. The van der Waals surface area contributed by atoms with Crippen LogP contribution in [0.15, 0.2) is 35.7 Å². The number of benzene rings is 1. The highest BCUT2D eigenvalue weighted by atomic mass is 32.2. The van der Waals surface area contributed by atoms with Gasteiger partial charge in [-0.3, -0.25) is 4.18 Å². The lowest BCUT2D eigenvalue weighted by Gasteiger charge is -2.08. The second-order valence-corrected chi connectivity index (χ2v) is 7.78. The van der Waals surface area contributed by atoms with Gasteiger partial charge in [-0.25, -0.2) is 0 Å². The molecular weight excluding hydrogens is 320 g/mol. The number of hydrogen-bond donors (Lipinski definition) is 0. The van der Waals surface area contributed by atoms with Gasteiger partial charge in [0.15, 0.2) is 0 Å². The van der Waals surface area contributed by atoms with E-state index in [1.165, 1.54) is 51.0 Å². The second-order valence-electron chi connectivity index (χ2n) is 6.20. The molecule has 0 amide bonds. The van der Waals surface area contributed by atoms with Crippen molar-refractivity contribution in [2.24, 2.45) is 0 Å². The van der Waals surface area contributed by atoms with Crippen LogP contribution in [-0.2, 0) is 14.3 Å². The Hall–Kier alpha value is -1.13. The van der Waals surface area contributed by atoms with Gasteiger partial charge in [-0.15, -0.1) is 0 Å². The van der Waals surface area contributed by atoms with Crippen molar-refractivity contribution in [2.75, 3.05) is 6.61 Å². The van der Waals surface area contributed by atoms with E-state index in [1.807, 2.05) is 0 Å². The molecule has 0 spiro atoms. The average molecular weight is 353 g/mol. The van der Waals surface area contributed by atoms with Crippen molar-refractivity contribution >= 4 is 16.2 Å². The van der Waals surface area contributed by atoms with Crippen LogP contribution in [0, 0.1) is 0 Å². The molecule has 0 fully saturated rings. The SMILES string of the molecule is C=Cc1ccccc1S(=O)(=O)OCCCCCCCCCCCC. The molecular formula is C20H32O3S. The van der Waals surface area contributed by atoms with Gasteiger partial charge >= 0.3 is 0 Å². The number of unbranched alkanes of at least 4 members (excludes halogenated alkanes) is 9. The quantitative estimate of drug-likeness (QED) is 0.307. The molecule has 0 bridgehead atoms. The first kappa shape index (κ1) is 20.9. The zero-order valence-electron chi connectivity index (χ0n) is 15.0. The monoisotopic (exact) mass is 352 g/mol. The molecule has 0 aliphatic heterocycles. The van der Waals surface area contributed by atoms with Crippen LogP contribution in [0.3, 0.4) is 0 Å². The Morgan fingerprint density at radius 3 is 2.04 bits per heavy atom. The zero-order valence-corrected chi connectivity index (χ0v) is 15.8. The minimum atomic E-state index is -3.68. The summed E-state index contributed by atoms with van der Waals surface area (Å²) in [5, 5.41) is 0. The van der Waals surface area contributed by atoms with Crippen LogP contribution < -0.4 is 0 Å². The van der Waals surface area contributed by atoms with E-state index in [-0.39, 0.29) is 11.5 Å². The maximum atomic E-state index is 12.2. The van der Waals surface area contributed by atoms with Crippen molar-refractivity contribution in [2.45, 2.75) is 76.0 Å². The van der Waals surface area contributed by atoms with Gasteiger partial charge < -0.3 is 0 Å². The van der Waals surface area contributed by atoms with E-state index < -0.39 is 10.1 Å². The maximum absolute atomic E-state index is 12.2. The first-order valence-electron chi connectivity index (χ1n) is 9.22. The highest BCUT2D eigenvalue weighted by Crippen LogP contribution is 2.19. The predicted molar refractivity (Wildman–Crippen MR) is 102 cm³/mol.